The summed E-state index contributed by atoms with van der Waals surface area (Å²) in [6.07, 6.45) is 7.39. The molecule has 1 aliphatic heterocycles. The first kappa shape index (κ1) is 16.1. The molecular weight excluding hydrogens is 277 g/mol. The molecule has 3 heteroatoms. The van der Waals surface area contributed by atoms with Crippen LogP contribution in [0.1, 0.15) is 31.2 Å². The fourth-order valence-corrected chi connectivity index (χ4v) is 2.65. The Morgan fingerprint density at radius 1 is 1.32 bits per heavy atom. The quantitative estimate of drug-likeness (QED) is 0.528. The van der Waals surface area contributed by atoms with Crippen LogP contribution in [0.2, 0.25) is 0 Å². The van der Waals surface area contributed by atoms with Crippen LogP contribution < -0.4 is 0 Å². The topological polar surface area (TPSA) is 29.4 Å². The molecular formula is C19H20FNO. The van der Waals surface area contributed by atoms with Crippen molar-refractivity contribution in [3.63, 3.8) is 0 Å². The largest absolute Gasteiger partial charge is 0.303 e. The van der Waals surface area contributed by atoms with Crippen LogP contribution in [0, 0.1) is 11.7 Å². The number of hydrogen-bond acceptors (Lipinski definition) is 2. The molecule has 22 heavy (non-hydrogen) atoms. The van der Waals surface area contributed by atoms with Crippen molar-refractivity contribution in [2.45, 2.75) is 25.7 Å². The van der Waals surface area contributed by atoms with E-state index in [1.165, 1.54) is 12.1 Å². The smallest absolute Gasteiger partial charge is 0.123 e. The minimum atomic E-state index is -0.255. The SMILES string of the molecule is C=CCC(CCC=O)C1=NC=C(c2ccc(F)cc2)C(=C)C1. The first-order chi connectivity index (χ1) is 10.7. The summed E-state index contributed by atoms with van der Waals surface area (Å²) in [6, 6.07) is 6.35. The Morgan fingerprint density at radius 3 is 2.64 bits per heavy atom. The van der Waals surface area contributed by atoms with Crippen molar-refractivity contribution >= 4 is 17.6 Å². The molecule has 0 aliphatic carbocycles. The van der Waals surface area contributed by atoms with E-state index in [9.17, 15) is 9.18 Å². The summed E-state index contributed by atoms with van der Waals surface area (Å²) in [5, 5.41) is 0. The highest BCUT2D eigenvalue weighted by molar-refractivity contribution is 5.97. The van der Waals surface area contributed by atoms with Gasteiger partial charge in [-0.25, -0.2) is 4.39 Å². The lowest BCUT2D eigenvalue weighted by atomic mass is 9.86. The van der Waals surface area contributed by atoms with Crippen molar-refractivity contribution in [1.29, 1.82) is 0 Å². The van der Waals surface area contributed by atoms with Crippen molar-refractivity contribution < 1.29 is 9.18 Å². The summed E-state index contributed by atoms with van der Waals surface area (Å²) >= 11 is 0. The van der Waals surface area contributed by atoms with E-state index in [2.05, 4.69) is 18.2 Å². The van der Waals surface area contributed by atoms with Crippen molar-refractivity contribution in [1.82, 2.24) is 0 Å². The Balaban J connectivity index is 2.22. The van der Waals surface area contributed by atoms with Crippen molar-refractivity contribution in [2.75, 3.05) is 0 Å². The molecule has 0 fully saturated rings. The molecule has 1 unspecified atom stereocenters. The summed E-state index contributed by atoms with van der Waals surface area (Å²) < 4.78 is 13.0. The maximum absolute atomic E-state index is 13.0. The van der Waals surface area contributed by atoms with Crippen LogP contribution in [-0.4, -0.2) is 12.0 Å². The first-order valence-electron chi connectivity index (χ1n) is 7.41. The van der Waals surface area contributed by atoms with E-state index < -0.39 is 0 Å². The molecule has 0 bridgehead atoms. The summed E-state index contributed by atoms with van der Waals surface area (Å²) in [4.78, 5) is 15.2. The maximum atomic E-state index is 13.0. The molecule has 0 aromatic heterocycles. The van der Waals surface area contributed by atoms with Crippen LogP contribution in [-0.2, 0) is 4.79 Å². The first-order valence-corrected chi connectivity index (χ1v) is 7.41. The van der Waals surface area contributed by atoms with Crippen molar-refractivity contribution in [3.8, 4) is 0 Å². The van der Waals surface area contributed by atoms with E-state index in [0.29, 0.717) is 12.8 Å². The average Bonchev–Trinajstić information content (AvgIpc) is 2.52. The second-order valence-corrected chi connectivity index (χ2v) is 5.42. The molecule has 1 heterocycles. The minimum absolute atomic E-state index is 0.227. The highest BCUT2D eigenvalue weighted by Gasteiger charge is 2.20. The summed E-state index contributed by atoms with van der Waals surface area (Å²) in [5.74, 6) is -0.0275. The molecule has 114 valence electrons. The van der Waals surface area contributed by atoms with Crippen molar-refractivity contribution in [2.24, 2.45) is 10.9 Å². The van der Waals surface area contributed by atoms with Gasteiger partial charge in [-0.15, -0.1) is 6.58 Å². The zero-order chi connectivity index (χ0) is 15.9. The van der Waals surface area contributed by atoms with Gasteiger partial charge < -0.3 is 4.79 Å². The van der Waals surface area contributed by atoms with Gasteiger partial charge in [0.2, 0.25) is 0 Å². The van der Waals surface area contributed by atoms with Gasteiger partial charge in [-0.05, 0) is 36.1 Å². The van der Waals surface area contributed by atoms with Crippen LogP contribution in [0.5, 0.6) is 0 Å². The molecule has 0 saturated carbocycles. The third-order valence-corrected chi connectivity index (χ3v) is 3.85. The third kappa shape index (κ3) is 3.88. The molecule has 1 aliphatic rings. The Bertz CT molecular complexity index is 625. The van der Waals surface area contributed by atoms with Gasteiger partial charge >= 0.3 is 0 Å². The van der Waals surface area contributed by atoms with Gasteiger partial charge in [0, 0.05) is 36.2 Å². The van der Waals surface area contributed by atoms with E-state index in [0.717, 1.165) is 41.5 Å². The lowest BCUT2D eigenvalue weighted by molar-refractivity contribution is -0.108. The molecule has 1 aromatic carbocycles. The van der Waals surface area contributed by atoms with E-state index in [1.807, 2.05) is 6.08 Å². The zero-order valence-electron chi connectivity index (χ0n) is 12.6. The van der Waals surface area contributed by atoms with Gasteiger partial charge in [0.1, 0.15) is 12.1 Å². The van der Waals surface area contributed by atoms with Crippen LogP contribution in [0.15, 0.2) is 60.3 Å². The van der Waals surface area contributed by atoms with E-state index in [1.54, 1.807) is 18.3 Å². The number of nitrogens with zero attached hydrogens (tertiary/aromatic N) is 1. The molecule has 2 rings (SSSR count). The number of aliphatic imine (C=N–C) groups is 1. The zero-order valence-corrected chi connectivity index (χ0v) is 12.6. The number of rotatable bonds is 7. The predicted octanol–water partition coefficient (Wildman–Crippen LogP) is 4.74. The lowest BCUT2D eigenvalue weighted by Gasteiger charge is -2.22. The van der Waals surface area contributed by atoms with E-state index in [-0.39, 0.29) is 11.7 Å². The van der Waals surface area contributed by atoms with Gasteiger partial charge in [-0.3, -0.25) is 4.99 Å². The van der Waals surface area contributed by atoms with Gasteiger partial charge in [0.25, 0.3) is 0 Å². The van der Waals surface area contributed by atoms with E-state index >= 15 is 0 Å². The maximum Gasteiger partial charge on any atom is 0.123 e. The van der Waals surface area contributed by atoms with Crippen LogP contribution in [0.3, 0.4) is 0 Å². The Kier molecular flexibility index (Phi) is 5.59. The molecule has 0 amide bonds. The van der Waals surface area contributed by atoms with Crippen LogP contribution in [0.4, 0.5) is 4.39 Å². The number of carbonyl (C=O) groups excluding carboxylic acids is 1. The number of benzene rings is 1. The Labute approximate surface area is 130 Å². The average molecular weight is 297 g/mol. The van der Waals surface area contributed by atoms with Crippen molar-refractivity contribution in [3.05, 3.63) is 66.7 Å². The normalized spacial score (nSPS) is 15.8. The standard InChI is InChI=1S/C19H20FNO/c1-3-5-16(6-4-11-22)19-12-14(2)18(13-21-19)15-7-9-17(20)10-8-15/h3,7-11,13,16H,1-2,4-6,12H2. The van der Waals surface area contributed by atoms with Gasteiger partial charge in [-0.1, -0.05) is 24.8 Å². The summed E-state index contributed by atoms with van der Waals surface area (Å²) in [7, 11) is 0. The Morgan fingerprint density at radius 2 is 2.05 bits per heavy atom. The fraction of sp³-hybridized carbons (Fsp3) is 0.263. The molecule has 1 aromatic rings. The number of allylic oxidation sites excluding steroid dienone is 3. The van der Waals surface area contributed by atoms with E-state index in [4.69, 9.17) is 0 Å². The Hall–Kier alpha value is -2.29. The number of carbonyl (C=O) groups is 1. The second-order valence-electron chi connectivity index (χ2n) is 5.42. The predicted molar refractivity (Wildman–Crippen MR) is 89.2 cm³/mol. The highest BCUT2D eigenvalue weighted by Crippen LogP contribution is 2.31. The molecule has 2 nitrogen and oxygen atoms in total. The molecule has 0 spiro atoms. The molecule has 1 atom stereocenters. The monoisotopic (exact) mass is 297 g/mol. The molecule has 0 radical (unpaired) electrons. The van der Waals surface area contributed by atoms with Crippen LogP contribution in [0.25, 0.3) is 5.57 Å². The molecule has 0 N–H and O–H groups in total. The summed E-state index contributed by atoms with van der Waals surface area (Å²) in [5.41, 5.74) is 3.87. The summed E-state index contributed by atoms with van der Waals surface area (Å²) in [6.45, 7) is 7.91. The minimum Gasteiger partial charge on any atom is -0.303 e. The number of halogens is 1. The lowest BCUT2D eigenvalue weighted by Crippen LogP contribution is -2.17. The van der Waals surface area contributed by atoms with Gasteiger partial charge in [0.15, 0.2) is 0 Å². The fourth-order valence-electron chi connectivity index (χ4n) is 2.65. The van der Waals surface area contributed by atoms with Gasteiger partial charge in [0.05, 0.1) is 0 Å². The second kappa shape index (κ2) is 7.64. The molecule has 0 saturated heterocycles. The van der Waals surface area contributed by atoms with Gasteiger partial charge in [-0.2, -0.15) is 0 Å². The highest BCUT2D eigenvalue weighted by atomic mass is 19.1. The van der Waals surface area contributed by atoms with Crippen LogP contribution >= 0.6 is 0 Å². The number of aldehydes is 1. The number of hydrogen-bond donors (Lipinski definition) is 0. The third-order valence-electron chi connectivity index (χ3n) is 3.85.